The molecular formula is C17H21ClN2O. The van der Waals surface area contributed by atoms with Crippen LogP contribution in [0.15, 0.2) is 18.2 Å². The zero-order valence-corrected chi connectivity index (χ0v) is 13.8. The van der Waals surface area contributed by atoms with E-state index in [0.29, 0.717) is 17.9 Å². The van der Waals surface area contributed by atoms with Crippen molar-refractivity contribution in [2.45, 2.75) is 40.0 Å². The number of hydrogen-bond acceptors (Lipinski definition) is 2. The van der Waals surface area contributed by atoms with Crippen molar-refractivity contribution in [2.24, 2.45) is 7.05 Å². The van der Waals surface area contributed by atoms with E-state index in [-0.39, 0.29) is 5.78 Å². The summed E-state index contributed by atoms with van der Waals surface area (Å²) < 4.78 is 1.87. The third-order valence-electron chi connectivity index (χ3n) is 3.91. The Morgan fingerprint density at radius 2 is 2.00 bits per heavy atom. The number of benzene rings is 1. The molecule has 0 bridgehead atoms. The van der Waals surface area contributed by atoms with Crippen LogP contribution in [-0.4, -0.2) is 15.6 Å². The number of carbonyl (C=O) groups is 1. The van der Waals surface area contributed by atoms with Crippen LogP contribution >= 0.6 is 11.6 Å². The maximum absolute atomic E-state index is 12.2. The Kier molecular flexibility index (Phi) is 4.84. The molecule has 112 valence electrons. The highest BCUT2D eigenvalue weighted by molar-refractivity contribution is 6.31. The Morgan fingerprint density at radius 3 is 2.57 bits per heavy atom. The minimum atomic E-state index is 0.211. The van der Waals surface area contributed by atoms with Gasteiger partial charge in [-0.1, -0.05) is 23.7 Å². The van der Waals surface area contributed by atoms with Gasteiger partial charge in [-0.15, -0.1) is 0 Å². The maximum Gasteiger partial charge on any atom is 0.137 e. The van der Waals surface area contributed by atoms with Gasteiger partial charge < -0.3 is 0 Å². The highest BCUT2D eigenvalue weighted by Gasteiger charge is 2.12. The zero-order chi connectivity index (χ0) is 15.6. The molecule has 0 saturated carbocycles. The molecule has 0 atom stereocenters. The number of halogens is 1. The molecule has 0 saturated heterocycles. The van der Waals surface area contributed by atoms with Gasteiger partial charge in [0.05, 0.1) is 5.69 Å². The topological polar surface area (TPSA) is 34.9 Å². The Balaban J connectivity index is 1.99. The number of nitrogens with zero attached hydrogens (tertiary/aromatic N) is 2. The standard InChI is InChI=1S/C17H21ClN2O/c1-11-5-6-14(17(18)9-11)10-15(21)7-8-16-12(2)19-20(4)13(16)3/h5-6,9H,7-8,10H2,1-4H3. The fourth-order valence-electron chi connectivity index (χ4n) is 2.54. The van der Waals surface area contributed by atoms with E-state index in [1.807, 2.05) is 50.7 Å². The van der Waals surface area contributed by atoms with E-state index in [1.165, 1.54) is 5.56 Å². The van der Waals surface area contributed by atoms with E-state index >= 15 is 0 Å². The van der Waals surface area contributed by atoms with Gasteiger partial charge in [-0.25, -0.2) is 0 Å². The van der Waals surface area contributed by atoms with E-state index in [4.69, 9.17) is 11.6 Å². The predicted molar refractivity (Wildman–Crippen MR) is 85.9 cm³/mol. The first-order valence-corrected chi connectivity index (χ1v) is 7.52. The molecule has 0 aliphatic rings. The molecule has 0 radical (unpaired) electrons. The number of Topliss-reactive ketones (excluding diaryl/α,β-unsaturated/α-hetero) is 1. The molecule has 3 nitrogen and oxygen atoms in total. The van der Waals surface area contributed by atoms with Crippen molar-refractivity contribution in [1.29, 1.82) is 0 Å². The molecule has 4 heteroatoms. The van der Waals surface area contributed by atoms with Crippen molar-refractivity contribution in [1.82, 2.24) is 9.78 Å². The van der Waals surface area contributed by atoms with Crippen molar-refractivity contribution in [3.63, 3.8) is 0 Å². The highest BCUT2D eigenvalue weighted by Crippen LogP contribution is 2.20. The van der Waals surface area contributed by atoms with E-state index in [2.05, 4.69) is 5.10 Å². The molecule has 0 fully saturated rings. The van der Waals surface area contributed by atoms with Crippen LogP contribution < -0.4 is 0 Å². The largest absolute Gasteiger partial charge is 0.299 e. The van der Waals surface area contributed by atoms with Crippen molar-refractivity contribution in [3.8, 4) is 0 Å². The molecule has 1 heterocycles. The molecule has 1 aromatic carbocycles. The Hall–Kier alpha value is -1.61. The normalized spacial score (nSPS) is 10.9. The van der Waals surface area contributed by atoms with Crippen molar-refractivity contribution >= 4 is 17.4 Å². The van der Waals surface area contributed by atoms with E-state index < -0.39 is 0 Å². The molecule has 1 aromatic heterocycles. The summed E-state index contributed by atoms with van der Waals surface area (Å²) in [5, 5.41) is 5.06. The molecular weight excluding hydrogens is 284 g/mol. The lowest BCUT2D eigenvalue weighted by atomic mass is 10.0. The summed E-state index contributed by atoms with van der Waals surface area (Å²) in [6, 6.07) is 5.83. The SMILES string of the molecule is Cc1ccc(CC(=O)CCc2c(C)nn(C)c2C)c(Cl)c1. The molecule has 0 unspecified atom stereocenters. The number of rotatable bonds is 5. The second kappa shape index (κ2) is 6.44. The highest BCUT2D eigenvalue weighted by atomic mass is 35.5. The summed E-state index contributed by atoms with van der Waals surface area (Å²) in [4.78, 5) is 12.2. The summed E-state index contributed by atoms with van der Waals surface area (Å²) in [6.45, 7) is 6.02. The first-order valence-electron chi connectivity index (χ1n) is 7.14. The molecule has 2 aromatic rings. The van der Waals surface area contributed by atoms with Gasteiger partial charge in [0, 0.05) is 30.6 Å². The van der Waals surface area contributed by atoms with Crippen LogP contribution in [0, 0.1) is 20.8 Å². The van der Waals surface area contributed by atoms with Crippen molar-refractivity contribution < 1.29 is 4.79 Å². The molecule has 21 heavy (non-hydrogen) atoms. The van der Waals surface area contributed by atoms with Gasteiger partial charge in [-0.2, -0.15) is 5.10 Å². The van der Waals surface area contributed by atoms with Crippen LogP contribution in [0.1, 0.15) is 34.5 Å². The third kappa shape index (κ3) is 3.73. The van der Waals surface area contributed by atoms with E-state index in [0.717, 1.165) is 28.9 Å². The summed E-state index contributed by atoms with van der Waals surface area (Å²) >= 11 is 6.18. The van der Waals surface area contributed by atoms with Crippen LogP contribution in [0.25, 0.3) is 0 Å². The Labute approximate surface area is 130 Å². The van der Waals surface area contributed by atoms with E-state index in [1.54, 1.807) is 0 Å². The van der Waals surface area contributed by atoms with E-state index in [9.17, 15) is 4.79 Å². The van der Waals surface area contributed by atoms with Gasteiger partial charge >= 0.3 is 0 Å². The predicted octanol–water partition coefficient (Wildman–Crippen LogP) is 3.74. The number of ketones is 1. The Morgan fingerprint density at radius 1 is 1.29 bits per heavy atom. The smallest absolute Gasteiger partial charge is 0.137 e. The van der Waals surface area contributed by atoms with Crippen LogP contribution in [0.2, 0.25) is 5.02 Å². The monoisotopic (exact) mass is 304 g/mol. The van der Waals surface area contributed by atoms with Crippen molar-refractivity contribution in [3.05, 3.63) is 51.3 Å². The quantitative estimate of drug-likeness (QED) is 0.843. The number of aryl methyl sites for hydroxylation is 3. The molecule has 0 N–H and O–H groups in total. The fraction of sp³-hybridized carbons (Fsp3) is 0.412. The molecule has 0 amide bonds. The third-order valence-corrected chi connectivity index (χ3v) is 4.26. The molecule has 0 spiro atoms. The fourth-order valence-corrected chi connectivity index (χ4v) is 2.84. The number of aromatic nitrogens is 2. The van der Waals surface area contributed by atoms with Gasteiger partial charge in [-0.05, 0) is 49.9 Å². The first kappa shape index (κ1) is 15.8. The lowest BCUT2D eigenvalue weighted by Crippen LogP contribution is -2.06. The van der Waals surface area contributed by atoms with Gasteiger partial charge in [-0.3, -0.25) is 9.48 Å². The van der Waals surface area contributed by atoms with Gasteiger partial charge in [0.25, 0.3) is 0 Å². The average Bonchev–Trinajstić information content (AvgIpc) is 2.65. The molecule has 2 rings (SSSR count). The summed E-state index contributed by atoms with van der Waals surface area (Å²) in [5.41, 5.74) is 5.34. The molecule has 0 aliphatic heterocycles. The number of hydrogen-bond donors (Lipinski definition) is 0. The molecule has 0 aliphatic carbocycles. The number of carbonyl (C=O) groups excluding carboxylic acids is 1. The van der Waals surface area contributed by atoms with Gasteiger partial charge in [0.15, 0.2) is 0 Å². The maximum atomic E-state index is 12.2. The summed E-state index contributed by atoms with van der Waals surface area (Å²) in [6.07, 6.45) is 1.67. The zero-order valence-electron chi connectivity index (χ0n) is 13.0. The van der Waals surface area contributed by atoms with Crippen LogP contribution in [0.3, 0.4) is 0 Å². The van der Waals surface area contributed by atoms with Gasteiger partial charge in [0.2, 0.25) is 0 Å². The van der Waals surface area contributed by atoms with Crippen LogP contribution in [-0.2, 0) is 24.7 Å². The van der Waals surface area contributed by atoms with Gasteiger partial charge in [0.1, 0.15) is 5.78 Å². The minimum absolute atomic E-state index is 0.211. The summed E-state index contributed by atoms with van der Waals surface area (Å²) in [7, 11) is 1.93. The minimum Gasteiger partial charge on any atom is -0.299 e. The van der Waals surface area contributed by atoms with Crippen molar-refractivity contribution in [2.75, 3.05) is 0 Å². The Bertz CT molecular complexity index is 674. The second-order valence-corrected chi connectivity index (χ2v) is 5.99. The van der Waals surface area contributed by atoms with Crippen LogP contribution in [0.4, 0.5) is 0 Å². The summed E-state index contributed by atoms with van der Waals surface area (Å²) in [5.74, 6) is 0.211. The first-order chi connectivity index (χ1) is 9.88. The lowest BCUT2D eigenvalue weighted by molar-refractivity contribution is -0.118. The average molecular weight is 305 g/mol. The van der Waals surface area contributed by atoms with Crippen LogP contribution in [0.5, 0.6) is 0 Å². The lowest BCUT2D eigenvalue weighted by Gasteiger charge is -2.05. The second-order valence-electron chi connectivity index (χ2n) is 5.58.